The van der Waals surface area contributed by atoms with Gasteiger partial charge in [-0.2, -0.15) is 0 Å². The van der Waals surface area contributed by atoms with Crippen LogP contribution >= 0.6 is 0 Å². The van der Waals surface area contributed by atoms with Crippen LogP contribution in [0, 0.1) is 11.8 Å². The molecule has 286 valence electrons. The highest BCUT2D eigenvalue weighted by atomic mass is 19.1. The summed E-state index contributed by atoms with van der Waals surface area (Å²) in [7, 11) is 0. The maximum Gasteiger partial charge on any atom is 0.412 e. The van der Waals surface area contributed by atoms with Crippen LogP contribution in [-0.2, 0) is 25.5 Å². The number of nitrogens with one attached hydrogen (secondary N) is 2. The summed E-state index contributed by atoms with van der Waals surface area (Å²) in [4.78, 5) is 63.0. The second-order valence-corrected chi connectivity index (χ2v) is 13.5. The fraction of sp³-hybridized carbons (Fsp3) is 0.400. The van der Waals surface area contributed by atoms with Crippen LogP contribution in [0.25, 0.3) is 10.8 Å². The van der Waals surface area contributed by atoms with E-state index in [-0.39, 0.29) is 44.1 Å². The molecule has 2 aromatic heterocycles. The molecule has 4 heterocycles. The van der Waals surface area contributed by atoms with Crippen LogP contribution in [0.2, 0.25) is 0 Å². The largest absolute Gasteiger partial charge is 0.460 e. The Morgan fingerprint density at radius 3 is 2.83 bits per heavy atom. The monoisotopic (exact) mass is 743 g/mol. The lowest BCUT2D eigenvalue weighted by Gasteiger charge is -2.31. The Bertz CT molecular complexity index is 1910. The maximum atomic E-state index is 14.9. The number of carbonyl (C=O) groups is 4. The van der Waals surface area contributed by atoms with E-state index in [4.69, 9.17) is 13.9 Å². The van der Waals surface area contributed by atoms with Gasteiger partial charge >= 0.3 is 12.1 Å². The number of pyridine rings is 1. The quantitative estimate of drug-likeness (QED) is 0.212. The first-order chi connectivity index (χ1) is 26.0. The number of allylic oxidation sites excluding steroid dienone is 3. The lowest BCUT2D eigenvalue weighted by Crippen LogP contribution is -2.45. The zero-order valence-electron chi connectivity index (χ0n) is 30.4. The number of amides is 3. The van der Waals surface area contributed by atoms with Crippen molar-refractivity contribution in [1.82, 2.24) is 20.2 Å². The van der Waals surface area contributed by atoms with Crippen molar-refractivity contribution < 1.29 is 42.6 Å². The van der Waals surface area contributed by atoms with Gasteiger partial charge in [-0.05, 0) is 43.7 Å². The van der Waals surface area contributed by atoms with E-state index in [0.717, 1.165) is 17.0 Å². The maximum absolute atomic E-state index is 14.9. The summed E-state index contributed by atoms with van der Waals surface area (Å²) in [6.07, 6.45) is 8.64. The third-order valence-corrected chi connectivity index (χ3v) is 9.19. The Hall–Kier alpha value is -5.63. The van der Waals surface area contributed by atoms with Gasteiger partial charge in [0, 0.05) is 42.9 Å². The molecule has 0 radical (unpaired) electrons. The van der Waals surface area contributed by atoms with Gasteiger partial charge in [0.1, 0.15) is 30.4 Å². The number of carbonyl (C=O) groups excluding carboxylic acids is 4. The van der Waals surface area contributed by atoms with E-state index in [0.29, 0.717) is 30.7 Å². The molecule has 1 unspecified atom stereocenters. The number of anilines is 1. The fourth-order valence-corrected chi connectivity index (χ4v) is 6.49. The normalized spacial score (nSPS) is 26.0. The molecular formula is C40H46FN5O8. The minimum Gasteiger partial charge on any atom is -0.460 e. The smallest absolute Gasteiger partial charge is 0.412 e. The first kappa shape index (κ1) is 39.6. The van der Waals surface area contributed by atoms with Crippen LogP contribution in [0.4, 0.5) is 15.0 Å². The van der Waals surface area contributed by atoms with E-state index >= 15 is 0 Å². The molecule has 3 amide bonds. The fourth-order valence-electron chi connectivity index (χ4n) is 6.49. The zero-order chi connectivity index (χ0) is 38.6. The lowest BCUT2D eigenvalue weighted by atomic mass is 9.89. The molecule has 13 nitrogen and oxygen atoms in total. The number of aromatic nitrogens is 2. The Kier molecular flexibility index (Phi) is 13.9. The van der Waals surface area contributed by atoms with Gasteiger partial charge in [0.15, 0.2) is 11.6 Å². The van der Waals surface area contributed by atoms with E-state index in [9.17, 15) is 28.7 Å². The average Bonchev–Trinajstić information content (AvgIpc) is 3.83. The molecule has 0 spiro atoms. The number of rotatable bonds is 6. The molecule has 5 rings (SSSR count). The van der Waals surface area contributed by atoms with Gasteiger partial charge in [-0.3, -0.25) is 14.9 Å². The zero-order valence-corrected chi connectivity index (χ0v) is 30.4. The first-order valence-electron chi connectivity index (χ1n) is 18.0. The summed E-state index contributed by atoms with van der Waals surface area (Å²) < 4.78 is 32.0. The summed E-state index contributed by atoms with van der Waals surface area (Å²) in [5.74, 6) is -2.53. The van der Waals surface area contributed by atoms with Crippen LogP contribution in [0.1, 0.15) is 55.9 Å². The number of esters is 1. The molecule has 54 heavy (non-hydrogen) atoms. The van der Waals surface area contributed by atoms with Crippen molar-refractivity contribution in [3.8, 4) is 0 Å². The van der Waals surface area contributed by atoms with Gasteiger partial charge in [-0.25, -0.2) is 23.9 Å². The van der Waals surface area contributed by atoms with Gasteiger partial charge < -0.3 is 29.2 Å². The second kappa shape index (κ2) is 18.9. The molecule has 2 bridgehead atoms. The van der Waals surface area contributed by atoms with E-state index < -0.39 is 60.1 Å². The Labute approximate surface area is 313 Å². The SMILES string of the molecule is C=CC[C@@H]1/C=C/C(=O)NC/C=C/C(C)=C/[C@@H](O)C[C@@H](F)Cc2nc(co2)C(=O)N2CCC[C@@H]2C(=O)OC1[C@H](C)COC(=O)Nc1cc2ccccc2cn1. The molecule has 1 aromatic carbocycles. The summed E-state index contributed by atoms with van der Waals surface area (Å²) in [5.41, 5.74) is 0.580. The Morgan fingerprint density at radius 2 is 2.04 bits per heavy atom. The topological polar surface area (TPSA) is 173 Å². The number of hydrogen-bond acceptors (Lipinski definition) is 10. The molecule has 6 atom stereocenters. The molecule has 0 aliphatic carbocycles. The van der Waals surface area contributed by atoms with Crippen LogP contribution in [0.3, 0.4) is 0 Å². The highest BCUT2D eigenvalue weighted by Gasteiger charge is 2.40. The Morgan fingerprint density at radius 1 is 1.24 bits per heavy atom. The minimum atomic E-state index is -1.51. The predicted molar refractivity (Wildman–Crippen MR) is 199 cm³/mol. The third-order valence-electron chi connectivity index (χ3n) is 9.19. The van der Waals surface area contributed by atoms with Crippen molar-refractivity contribution >= 4 is 40.5 Å². The van der Waals surface area contributed by atoms with Crippen LogP contribution in [-0.4, -0.2) is 88.0 Å². The van der Waals surface area contributed by atoms with Crippen molar-refractivity contribution in [2.45, 2.75) is 70.4 Å². The molecule has 1 saturated heterocycles. The summed E-state index contributed by atoms with van der Waals surface area (Å²) in [6, 6.07) is 8.34. The molecule has 1 fully saturated rings. The number of ether oxygens (including phenoxy) is 2. The Balaban J connectivity index is 1.37. The van der Waals surface area contributed by atoms with Gasteiger partial charge in [-0.1, -0.05) is 67.1 Å². The number of nitrogens with zero attached hydrogens (tertiary/aromatic N) is 3. The highest BCUT2D eigenvalue weighted by Crippen LogP contribution is 2.28. The number of hydrogen-bond donors (Lipinski definition) is 3. The molecule has 14 heteroatoms. The summed E-state index contributed by atoms with van der Waals surface area (Å²) in [5, 5.41) is 17.6. The molecule has 2 aliphatic heterocycles. The van der Waals surface area contributed by atoms with Crippen molar-refractivity contribution in [1.29, 1.82) is 0 Å². The second-order valence-electron chi connectivity index (χ2n) is 13.5. The molecule has 3 N–H and O–H groups in total. The number of cyclic esters (lactones) is 1. The van der Waals surface area contributed by atoms with Gasteiger partial charge in [0.2, 0.25) is 5.91 Å². The average molecular weight is 744 g/mol. The van der Waals surface area contributed by atoms with E-state index in [1.807, 2.05) is 24.3 Å². The van der Waals surface area contributed by atoms with Gasteiger partial charge in [0.25, 0.3) is 5.91 Å². The number of halogens is 1. The van der Waals surface area contributed by atoms with E-state index in [2.05, 4.69) is 27.2 Å². The molecular weight excluding hydrogens is 697 g/mol. The minimum absolute atomic E-state index is 0.0144. The standard InChI is InChI=1S/C40H46FN5O8/c1-4-9-27-14-15-35(48)42-16-7-10-25(2)18-31(47)20-30(41)21-36-44-32(24-52-36)38(49)46-17-8-13-33(46)39(50)54-37(27)26(3)23-53-40(51)45-34-19-28-11-5-6-12-29(28)22-43-34/h4-7,10-12,14-15,18-19,22,24,26-27,30-31,33,37,47H,1,8-9,13,16-17,20-21,23H2,2-3H3,(H,42,48)(H,43,45,51)/b10-7+,15-14+,25-18+/t26-,27-,30-,31-,33-,37?/m1/s1. The number of aliphatic hydroxyl groups excluding tert-OH is 1. The summed E-state index contributed by atoms with van der Waals surface area (Å²) >= 11 is 0. The lowest BCUT2D eigenvalue weighted by molar-refractivity contribution is -0.159. The highest BCUT2D eigenvalue weighted by molar-refractivity contribution is 5.95. The first-order valence-corrected chi connectivity index (χ1v) is 18.0. The van der Waals surface area contributed by atoms with Crippen molar-refractivity contribution in [3.63, 3.8) is 0 Å². The number of benzene rings is 1. The van der Waals surface area contributed by atoms with Crippen LogP contribution in [0.15, 0.2) is 95.8 Å². The van der Waals surface area contributed by atoms with Crippen molar-refractivity contribution in [2.75, 3.05) is 25.0 Å². The number of alkyl halides is 1. The van der Waals surface area contributed by atoms with Crippen molar-refractivity contribution in [3.05, 3.63) is 103 Å². The van der Waals surface area contributed by atoms with Gasteiger partial charge in [-0.15, -0.1) is 6.58 Å². The number of oxazole rings is 1. The van der Waals surface area contributed by atoms with E-state index in [1.165, 1.54) is 17.1 Å². The van der Waals surface area contributed by atoms with Crippen molar-refractivity contribution in [2.24, 2.45) is 11.8 Å². The van der Waals surface area contributed by atoms with Crippen LogP contribution < -0.4 is 10.6 Å². The number of aliphatic hydroxyl groups is 1. The molecule has 3 aromatic rings. The molecule has 2 aliphatic rings. The number of fused-ring (bicyclic) bond motifs is 4. The molecule has 0 saturated carbocycles. The third kappa shape index (κ3) is 10.9. The van der Waals surface area contributed by atoms with Gasteiger partial charge in [0.05, 0.1) is 19.1 Å². The van der Waals surface area contributed by atoms with E-state index in [1.54, 1.807) is 50.4 Å². The van der Waals surface area contributed by atoms with Crippen LogP contribution in [0.5, 0.6) is 0 Å². The summed E-state index contributed by atoms with van der Waals surface area (Å²) in [6.45, 7) is 7.60. The predicted octanol–water partition coefficient (Wildman–Crippen LogP) is 5.64.